The zero-order valence-corrected chi connectivity index (χ0v) is 23.0. The first-order valence-electron chi connectivity index (χ1n) is 12.7. The zero-order valence-electron chi connectivity index (χ0n) is 21.4. The Labute approximate surface area is 227 Å². The third kappa shape index (κ3) is 5.15. The molecule has 12 heteroatoms. The third-order valence-electron chi connectivity index (χ3n) is 7.27. The monoisotopic (exact) mass is 568 g/mol. The van der Waals surface area contributed by atoms with E-state index < -0.39 is 25.7 Å². The van der Waals surface area contributed by atoms with Crippen LogP contribution in [0.3, 0.4) is 0 Å². The van der Waals surface area contributed by atoms with E-state index in [-0.39, 0.29) is 35.0 Å². The number of carbonyl (C=O) groups excluding carboxylic acids is 1. The van der Waals surface area contributed by atoms with Crippen LogP contribution in [-0.2, 0) is 41.5 Å². The van der Waals surface area contributed by atoms with E-state index in [0.29, 0.717) is 41.6 Å². The second-order valence-corrected chi connectivity index (χ2v) is 14.5. The molecule has 2 fully saturated rings. The van der Waals surface area contributed by atoms with E-state index >= 15 is 0 Å². The molecule has 1 atom stereocenters. The number of hydrogen-bond donors (Lipinski definition) is 0. The molecule has 1 saturated heterocycles. The highest BCUT2D eigenvalue weighted by atomic mass is 32.2. The van der Waals surface area contributed by atoms with Gasteiger partial charge in [-0.2, -0.15) is 0 Å². The molecule has 3 aromatic rings. The minimum Gasteiger partial charge on any atom is -0.377 e. The second kappa shape index (κ2) is 9.68. The van der Waals surface area contributed by atoms with Gasteiger partial charge in [-0.05, 0) is 42.2 Å². The van der Waals surface area contributed by atoms with E-state index in [1.807, 2.05) is 23.1 Å². The van der Waals surface area contributed by atoms with Gasteiger partial charge in [0, 0.05) is 18.4 Å². The number of sulfone groups is 2. The Morgan fingerprint density at radius 2 is 1.79 bits per heavy atom. The lowest BCUT2D eigenvalue weighted by atomic mass is 10.1. The van der Waals surface area contributed by atoms with Gasteiger partial charge < -0.3 is 14.5 Å². The Morgan fingerprint density at radius 3 is 2.51 bits per heavy atom. The normalized spacial score (nSPS) is 19.5. The number of ether oxygens (including phenoxy) is 1. The molecule has 1 aromatic heterocycles. The van der Waals surface area contributed by atoms with Crippen LogP contribution < -0.4 is 9.80 Å². The number of benzene rings is 2. The number of amides is 1. The molecule has 0 radical (unpaired) electrons. The molecule has 0 N–H and O–H groups in total. The van der Waals surface area contributed by atoms with Crippen LogP contribution in [0.4, 0.5) is 11.5 Å². The fraction of sp³-hybridized carbons (Fsp3) is 0.370. The average Bonchev–Trinajstić information content (AvgIpc) is 3.77. The molecule has 3 heterocycles. The van der Waals surface area contributed by atoms with E-state index in [2.05, 4.69) is 4.98 Å². The maximum Gasteiger partial charge on any atom is 0.252 e. The first kappa shape index (κ1) is 25.9. The van der Waals surface area contributed by atoms with Crippen LogP contribution in [0, 0.1) is 0 Å². The van der Waals surface area contributed by atoms with Gasteiger partial charge >= 0.3 is 0 Å². The van der Waals surface area contributed by atoms with Crippen molar-refractivity contribution in [2.24, 2.45) is 0 Å². The first-order chi connectivity index (χ1) is 18.6. The lowest BCUT2D eigenvalue weighted by molar-refractivity contribution is -0.122. The molecule has 39 heavy (non-hydrogen) atoms. The number of morpholine rings is 1. The minimum absolute atomic E-state index is 0.0115. The number of carbonyl (C=O) groups is 1. The number of anilines is 2. The molecule has 204 valence electrons. The van der Waals surface area contributed by atoms with Crippen LogP contribution >= 0.6 is 0 Å². The van der Waals surface area contributed by atoms with Crippen molar-refractivity contribution in [3.8, 4) is 11.4 Å². The predicted molar refractivity (Wildman–Crippen MR) is 146 cm³/mol. The molecule has 1 aliphatic carbocycles. The summed E-state index contributed by atoms with van der Waals surface area (Å²) in [4.78, 5) is 26.7. The van der Waals surface area contributed by atoms with Gasteiger partial charge in [0.15, 0.2) is 31.3 Å². The van der Waals surface area contributed by atoms with Crippen LogP contribution in [0.1, 0.15) is 24.0 Å². The number of hydrogen-bond acceptors (Lipinski definition) is 9. The molecular weight excluding hydrogens is 540 g/mol. The Morgan fingerprint density at radius 1 is 1.03 bits per heavy atom. The van der Waals surface area contributed by atoms with Crippen LogP contribution in [0.15, 0.2) is 59.6 Å². The van der Waals surface area contributed by atoms with Crippen molar-refractivity contribution in [1.82, 2.24) is 9.97 Å². The fourth-order valence-corrected chi connectivity index (χ4v) is 7.40. The largest absolute Gasteiger partial charge is 0.377 e. The smallest absolute Gasteiger partial charge is 0.252 e. The summed E-state index contributed by atoms with van der Waals surface area (Å²) in [6.07, 6.45) is 4.24. The number of rotatable bonds is 7. The van der Waals surface area contributed by atoms with Crippen molar-refractivity contribution in [3.63, 3.8) is 0 Å². The summed E-state index contributed by atoms with van der Waals surface area (Å²) in [5, 5.41) is -0.231. The van der Waals surface area contributed by atoms with Crippen LogP contribution in [0.5, 0.6) is 0 Å². The van der Waals surface area contributed by atoms with Crippen molar-refractivity contribution in [1.29, 1.82) is 0 Å². The van der Waals surface area contributed by atoms with Gasteiger partial charge in [-0.25, -0.2) is 26.8 Å². The molecule has 1 saturated carbocycles. The van der Waals surface area contributed by atoms with Crippen LogP contribution in [0.2, 0.25) is 0 Å². The van der Waals surface area contributed by atoms with Crippen molar-refractivity contribution in [2.45, 2.75) is 41.3 Å². The summed E-state index contributed by atoms with van der Waals surface area (Å²) in [5.74, 6) is 0.897. The Kier molecular flexibility index (Phi) is 6.43. The average molecular weight is 569 g/mol. The molecule has 10 nitrogen and oxygen atoms in total. The van der Waals surface area contributed by atoms with Crippen LogP contribution in [-0.4, -0.2) is 70.0 Å². The van der Waals surface area contributed by atoms with Crippen molar-refractivity contribution < 1.29 is 26.4 Å². The molecule has 2 aromatic carbocycles. The minimum atomic E-state index is -3.33. The fourth-order valence-electron chi connectivity index (χ4n) is 5.03. The Hall–Kier alpha value is -3.35. The SMILES string of the molecule is CS(=O)(=O)c1ccc(CN2C(=O)C3COCCN3c3nc(-c4cccc(CS(=O)(=O)C5CC5)c4)ncc32)cc1. The number of fused-ring (bicyclic) bond motifs is 3. The predicted octanol–water partition coefficient (Wildman–Crippen LogP) is 2.38. The first-order valence-corrected chi connectivity index (χ1v) is 16.3. The Balaban J connectivity index is 1.34. The quantitative estimate of drug-likeness (QED) is 0.422. The van der Waals surface area contributed by atoms with Gasteiger partial charge in [0.05, 0.1) is 41.9 Å². The molecule has 6 rings (SSSR count). The van der Waals surface area contributed by atoms with Gasteiger partial charge in [0.2, 0.25) is 0 Å². The summed E-state index contributed by atoms with van der Waals surface area (Å²) >= 11 is 0. The molecular formula is C27H28N4O6S2. The summed E-state index contributed by atoms with van der Waals surface area (Å²) in [7, 11) is -6.49. The van der Waals surface area contributed by atoms with Crippen molar-refractivity contribution in [3.05, 3.63) is 65.9 Å². The van der Waals surface area contributed by atoms with Gasteiger partial charge in [0.25, 0.3) is 5.91 Å². The standard InChI is InChI=1S/C27H28N4O6S2/c1-38(33,34)21-7-5-18(6-8-21)15-31-23-14-28-25(29-26(23)30-11-12-37-16-24(30)27(31)32)20-4-2-3-19(13-20)17-39(35,36)22-9-10-22/h2-8,13-14,22,24H,9-12,15-17H2,1H3. The van der Waals surface area contributed by atoms with Gasteiger partial charge in [-0.3, -0.25) is 4.79 Å². The summed E-state index contributed by atoms with van der Waals surface area (Å²) in [6.45, 7) is 1.41. The van der Waals surface area contributed by atoms with E-state index in [0.717, 1.165) is 24.7 Å². The van der Waals surface area contributed by atoms with E-state index in [9.17, 15) is 21.6 Å². The lowest BCUT2D eigenvalue weighted by Gasteiger charge is -2.44. The Bertz CT molecular complexity index is 1650. The van der Waals surface area contributed by atoms with E-state index in [4.69, 9.17) is 9.72 Å². The molecule has 0 spiro atoms. The highest BCUT2D eigenvalue weighted by Crippen LogP contribution is 2.38. The molecule has 0 bridgehead atoms. The summed E-state index contributed by atoms with van der Waals surface area (Å²) < 4.78 is 54.4. The molecule has 1 unspecified atom stereocenters. The molecule has 3 aliphatic rings. The topological polar surface area (TPSA) is 127 Å². The lowest BCUT2D eigenvalue weighted by Crippen LogP contribution is -2.58. The number of nitrogens with zero attached hydrogens (tertiary/aromatic N) is 4. The highest BCUT2D eigenvalue weighted by Gasteiger charge is 2.41. The molecule has 1 amide bonds. The van der Waals surface area contributed by atoms with Crippen molar-refractivity contribution >= 4 is 37.1 Å². The van der Waals surface area contributed by atoms with Gasteiger partial charge in [-0.1, -0.05) is 30.3 Å². The van der Waals surface area contributed by atoms with Gasteiger partial charge in [0.1, 0.15) is 11.7 Å². The maximum atomic E-state index is 13.5. The van der Waals surface area contributed by atoms with Crippen LogP contribution in [0.25, 0.3) is 11.4 Å². The zero-order chi connectivity index (χ0) is 27.4. The maximum absolute atomic E-state index is 13.5. The second-order valence-electron chi connectivity index (χ2n) is 10.2. The van der Waals surface area contributed by atoms with E-state index in [1.165, 1.54) is 12.1 Å². The number of aromatic nitrogens is 2. The summed E-state index contributed by atoms with van der Waals surface area (Å²) in [6, 6.07) is 13.2. The van der Waals surface area contributed by atoms with E-state index in [1.54, 1.807) is 29.3 Å². The van der Waals surface area contributed by atoms with Gasteiger partial charge in [-0.15, -0.1) is 0 Å². The highest BCUT2D eigenvalue weighted by molar-refractivity contribution is 7.91. The summed E-state index contributed by atoms with van der Waals surface area (Å²) in [5.41, 5.74) is 2.72. The van der Waals surface area contributed by atoms with Crippen molar-refractivity contribution in [2.75, 3.05) is 35.8 Å². The third-order valence-corrected chi connectivity index (χ3v) is 10.6. The molecule has 2 aliphatic heterocycles.